The van der Waals surface area contributed by atoms with Crippen LogP contribution >= 0.6 is 0 Å². The van der Waals surface area contributed by atoms with Crippen LogP contribution in [0.3, 0.4) is 0 Å². The fourth-order valence-electron chi connectivity index (χ4n) is 7.64. The van der Waals surface area contributed by atoms with E-state index in [4.69, 9.17) is 9.47 Å². The number of H-pyrrole nitrogens is 2. The maximum atomic E-state index is 5.53. The summed E-state index contributed by atoms with van der Waals surface area (Å²) in [5.41, 5.74) is 4.59. The molecular formula is C43H48Br2N6O2. The number of rotatable bonds is 14. The van der Waals surface area contributed by atoms with Gasteiger partial charge in [0, 0.05) is 55.7 Å². The standard InChI is InChI=1S/C43H46N6O2.2BrH/c1-46(22-24-48-20-16-30-8-12-40-42(36(30)28-48)34-26-32(50-3)10-14-38(34)44-40)18-6-5-7-19-47(2)23-25-49-21-17-31-9-13-41-43(37(31)29-49)35-27-33(51-4)11-15-39(35)45-41;;/h8-17,20-21,26-29H,5-7,18-19,22-25H2,1-4H3;2*1H. The Balaban J connectivity index is 0.00000240. The minimum absolute atomic E-state index is 0. The summed E-state index contributed by atoms with van der Waals surface area (Å²) in [5, 5.41) is 9.99. The summed E-state index contributed by atoms with van der Waals surface area (Å²) in [6, 6.07) is 25.8. The van der Waals surface area contributed by atoms with E-state index in [1.807, 2.05) is 12.1 Å². The van der Waals surface area contributed by atoms with Gasteiger partial charge in [0.2, 0.25) is 0 Å². The number of hydrogen-bond acceptors (Lipinski definition) is 4. The lowest BCUT2D eigenvalue weighted by Gasteiger charge is -2.17. The number of halogens is 2. The summed E-state index contributed by atoms with van der Waals surface area (Å²) in [4.78, 5) is 12.1. The normalized spacial score (nSPS) is 11.7. The molecule has 0 aliphatic rings. The zero-order chi connectivity index (χ0) is 34.9. The van der Waals surface area contributed by atoms with Crippen LogP contribution in [0.15, 0.2) is 97.6 Å². The predicted molar refractivity (Wildman–Crippen MR) is 209 cm³/mol. The molecular weight excluding hydrogens is 792 g/mol. The largest absolute Gasteiger partial charge is 1.00 e. The highest BCUT2D eigenvalue weighted by atomic mass is 79.9. The molecule has 10 heteroatoms. The van der Waals surface area contributed by atoms with Crippen LogP contribution in [0.1, 0.15) is 19.3 Å². The first-order chi connectivity index (χ1) is 25.0. The first kappa shape index (κ1) is 38.5. The molecule has 276 valence electrons. The molecule has 0 fully saturated rings. The summed E-state index contributed by atoms with van der Waals surface area (Å²) in [6.07, 6.45) is 12.7. The SMILES string of the molecule is COc1ccc2[nH]c3ccc4cc[n+](CCN(C)CCCCCN(C)CC[n+]5ccc6ccc7[nH]c8ccc(OC)cc8c7c6c5)cc4c3c2c1.[Br-].[Br-]. The summed E-state index contributed by atoms with van der Waals surface area (Å²) < 4.78 is 15.7. The van der Waals surface area contributed by atoms with Crippen LogP contribution in [0.5, 0.6) is 11.5 Å². The van der Waals surface area contributed by atoms with Gasteiger partial charge in [0.25, 0.3) is 0 Å². The van der Waals surface area contributed by atoms with E-state index in [9.17, 15) is 0 Å². The number of methoxy groups -OCH3 is 2. The van der Waals surface area contributed by atoms with E-state index >= 15 is 0 Å². The number of aromatic nitrogens is 4. The Morgan fingerprint density at radius 3 is 1.38 bits per heavy atom. The maximum absolute atomic E-state index is 5.53. The van der Waals surface area contributed by atoms with Gasteiger partial charge in [-0.3, -0.25) is 0 Å². The molecule has 0 spiro atoms. The number of aromatic amines is 2. The van der Waals surface area contributed by atoms with Crippen molar-refractivity contribution in [2.45, 2.75) is 32.4 Å². The minimum atomic E-state index is 0. The molecule has 0 saturated heterocycles. The average Bonchev–Trinajstić information content (AvgIpc) is 3.73. The summed E-state index contributed by atoms with van der Waals surface area (Å²) >= 11 is 0. The van der Waals surface area contributed by atoms with E-state index in [2.05, 4.69) is 128 Å². The van der Waals surface area contributed by atoms with E-state index in [0.29, 0.717) is 0 Å². The fraction of sp³-hybridized carbons (Fsp3) is 0.302. The van der Waals surface area contributed by atoms with Crippen molar-refractivity contribution in [1.29, 1.82) is 0 Å². The number of fused-ring (bicyclic) bond motifs is 10. The lowest BCUT2D eigenvalue weighted by Crippen LogP contribution is -3.00. The van der Waals surface area contributed by atoms with Crippen molar-refractivity contribution in [1.82, 2.24) is 19.8 Å². The second-order valence-electron chi connectivity index (χ2n) is 14.1. The highest BCUT2D eigenvalue weighted by Crippen LogP contribution is 2.35. The molecule has 4 heterocycles. The highest BCUT2D eigenvalue weighted by Gasteiger charge is 2.15. The van der Waals surface area contributed by atoms with Gasteiger partial charge in [-0.15, -0.1) is 0 Å². The first-order valence-corrected chi connectivity index (χ1v) is 18.2. The Hall–Kier alpha value is -4.22. The Labute approximate surface area is 331 Å². The fourth-order valence-corrected chi connectivity index (χ4v) is 7.64. The molecule has 8 nitrogen and oxygen atoms in total. The molecule has 0 radical (unpaired) electrons. The Morgan fingerprint density at radius 2 is 0.943 bits per heavy atom. The number of unbranched alkanes of at least 4 members (excludes halogenated alkanes) is 2. The van der Waals surface area contributed by atoms with Gasteiger partial charge in [-0.05, 0) is 99.3 Å². The quantitative estimate of drug-likeness (QED) is 0.129. The maximum Gasteiger partial charge on any atom is 0.177 e. The van der Waals surface area contributed by atoms with E-state index in [0.717, 1.165) is 72.8 Å². The molecule has 4 aromatic carbocycles. The highest BCUT2D eigenvalue weighted by molar-refractivity contribution is 6.21. The van der Waals surface area contributed by atoms with Crippen LogP contribution in [0.25, 0.3) is 65.2 Å². The minimum Gasteiger partial charge on any atom is -1.00 e. The van der Waals surface area contributed by atoms with Crippen LogP contribution in [-0.2, 0) is 13.1 Å². The zero-order valence-electron chi connectivity index (χ0n) is 31.0. The lowest BCUT2D eigenvalue weighted by molar-refractivity contribution is -0.695. The summed E-state index contributed by atoms with van der Waals surface area (Å²) in [7, 11) is 7.95. The third-order valence-electron chi connectivity index (χ3n) is 10.6. The van der Waals surface area contributed by atoms with Gasteiger partial charge in [-0.2, -0.15) is 0 Å². The van der Waals surface area contributed by atoms with Crippen molar-refractivity contribution in [3.8, 4) is 11.5 Å². The van der Waals surface area contributed by atoms with Crippen LogP contribution in [-0.4, -0.2) is 74.3 Å². The van der Waals surface area contributed by atoms with Crippen molar-refractivity contribution < 1.29 is 52.6 Å². The molecule has 4 aromatic heterocycles. The van der Waals surface area contributed by atoms with Crippen LogP contribution in [0.2, 0.25) is 0 Å². The monoisotopic (exact) mass is 838 g/mol. The average molecular weight is 841 g/mol. The molecule has 0 aliphatic carbocycles. The number of nitrogens with zero attached hydrogens (tertiary/aromatic N) is 4. The molecule has 53 heavy (non-hydrogen) atoms. The van der Waals surface area contributed by atoms with Gasteiger partial charge in [-0.1, -0.05) is 18.6 Å². The molecule has 0 saturated carbocycles. The second kappa shape index (κ2) is 16.8. The van der Waals surface area contributed by atoms with Gasteiger partial charge in [0.1, 0.15) is 11.5 Å². The van der Waals surface area contributed by atoms with Gasteiger partial charge in [0.15, 0.2) is 37.9 Å². The number of hydrogen-bond donors (Lipinski definition) is 2. The number of likely N-dealkylation sites (N-methyl/N-ethyl adjacent to an activating group) is 2. The third-order valence-corrected chi connectivity index (χ3v) is 10.6. The van der Waals surface area contributed by atoms with Gasteiger partial charge in [0.05, 0.1) is 38.1 Å². The lowest BCUT2D eigenvalue weighted by atomic mass is 10.1. The predicted octanol–water partition coefficient (Wildman–Crippen LogP) is 1.60. The van der Waals surface area contributed by atoms with Crippen molar-refractivity contribution >= 4 is 65.2 Å². The number of pyridine rings is 2. The molecule has 8 aromatic rings. The van der Waals surface area contributed by atoms with E-state index < -0.39 is 0 Å². The second-order valence-corrected chi connectivity index (χ2v) is 14.1. The van der Waals surface area contributed by atoms with E-state index in [1.54, 1.807) is 14.2 Å². The number of nitrogens with one attached hydrogen (secondary N) is 2. The molecule has 0 amide bonds. The van der Waals surface area contributed by atoms with Gasteiger partial charge in [-0.25, -0.2) is 9.13 Å². The number of ether oxygens (including phenoxy) is 2. The molecule has 0 aliphatic heterocycles. The van der Waals surface area contributed by atoms with Crippen LogP contribution in [0.4, 0.5) is 0 Å². The van der Waals surface area contributed by atoms with Gasteiger partial charge < -0.3 is 63.2 Å². The first-order valence-electron chi connectivity index (χ1n) is 18.2. The summed E-state index contributed by atoms with van der Waals surface area (Å²) in [5.74, 6) is 1.76. The molecule has 0 unspecified atom stereocenters. The zero-order valence-corrected chi connectivity index (χ0v) is 34.1. The Bertz CT molecular complexity index is 2340. The van der Waals surface area contributed by atoms with Gasteiger partial charge >= 0.3 is 0 Å². The smallest absolute Gasteiger partial charge is 0.177 e. The molecule has 2 N–H and O–H groups in total. The van der Waals surface area contributed by atoms with Crippen molar-refractivity contribution in [2.75, 3.05) is 54.5 Å². The topological polar surface area (TPSA) is 64.3 Å². The third kappa shape index (κ3) is 8.01. The summed E-state index contributed by atoms with van der Waals surface area (Å²) in [6.45, 7) is 6.20. The van der Waals surface area contributed by atoms with Crippen molar-refractivity contribution in [2.24, 2.45) is 0 Å². The van der Waals surface area contributed by atoms with Crippen molar-refractivity contribution in [3.63, 3.8) is 0 Å². The molecule has 0 bridgehead atoms. The molecule has 8 rings (SSSR count). The Kier molecular flexibility index (Phi) is 12.2. The van der Waals surface area contributed by atoms with E-state index in [-0.39, 0.29) is 34.0 Å². The van der Waals surface area contributed by atoms with E-state index in [1.165, 1.54) is 62.4 Å². The van der Waals surface area contributed by atoms with Crippen LogP contribution in [0, 0.1) is 0 Å². The van der Waals surface area contributed by atoms with Crippen LogP contribution < -0.4 is 52.6 Å². The Morgan fingerprint density at radius 1 is 0.509 bits per heavy atom. The van der Waals surface area contributed by atoms with Crippen molar-refractivity contribution in [3.05, 3.63) is 97.6 Å². The number of benzene rings is 4. The molecule has 0 atom stereocenters.